The highest BCUT2D eigenvalue weighted by molar-refractivity contribution is 6.29. The zero-order chi connectivity index (χ0) is 11.4. The van der Waals surface area contributed by atoms with Crippen LogP contribution in [-0.2, 0) is 6.54 Å². The van der Waals surface area contributed by atoms with Crippen molar-refractivity contribution in [2.45, 2.75) is 37.8 Å². The third kappa shape index (κ3) is 2.73. The molecule has 0 unspecified atom stereocenters. The molecule has 0 atom stereocenters. The molecule has 1 fully saturated rings. The summed E-state index contributed by atoms with van der Waals surface area (Å²) in [5, 5.41) is 13.4. The van der Waals surface area contributed by atoms with E-state index in [9.17, 15) is 5.11 Å². The van der Waals surface area contributed by atoms with Gasteiger partial charge in [-0.2, -0.15) is 0 Å². The predicted octanol–water partition coefficient (Wildman–Crippen LogP) is 2.13. The Morgan fingerprint density at radius 2 is 2.12 bits per heavy atom. The smallest absolute Gasteiger partial charge is 0.129 e. The Morgan fingerprint density at radius 1 is 1.38 bits per heavy atom. The van der Waals surface area contributed by atoms with Gasteiger partial charge in [-0.05, 0) is 24.5 Å². The molecule has 0 saturated heterocycles. The molecule has 3 nitrogen and oxygen atoms in total. The summed E-state index contributed by atoms with van der Waals surface area (Å²) in [6.45, 7) is 0.957. The van der Waals surface area contributed by atoms with E-state index in [4.69, 9.17) is 11.6 Å². The van der Waals surface area contributed by atoms with Gasteiger partial charge in [0.1, 0.15) is 5.15 Å². The Hall–Kier alpha value is -0.640. The lowest BCUT2D eigenvalue weighted by atomic mass is 9.98. The number of aliphatic hydroxyl groups excluding tert-OH is 1. The number of nitrogens with one attached hydrogen (secondary N) is 1. The minimum absolute atomic E-state index is 0.0698. The van der Waals surface area contributed by atoms with E-state index >= 15 is 0 Å². The van der Waals surface area contributed by atoms with Crippen LogP contribution in [0.3, 0.4) is 0 Å². The van der Waals surface area contributed by atoms with Gasteiger partial charge in [0.05, 0.1) is 6.61 Å². The largest absolute Gasteiger partial charge is 0.394 e. The summed E-state index contributed by atoms with van der Waals surface area (Å²) in [5.74, 6) is 0. The Bertz CT molecular complexity index is 333. The van der Waals surface area contributed by atoms with Gasteiger partial charge < -0.3 is 10.4 Å². The number of aliphatic hydroxyl groups is 1. The molecule has 1 heterocycles. The van der Waals surface area contributed by atoms with E-state index in [1.165, 1.54) is 12.8 Å². The highest BCUT2D eigenvalue weighted by atomic mass is 35.5. The van der Waals surface area contributed by atoms with E-state index in [-0.39, 0.29) is 12.1 Å². The third-order valence-corrected chi connectivity index (χ3v) is 3.54. The van der Waals surface area contributed by atoms with Gasteiger partial charge >= 0.3 is 0 Å². The van der Waals surface area contributed by atoms with Gasteiger partial charge in [-0.25, -0.2) is 4.98 Å². The van der Waals surface area contributed by atoms with Gasteiger partial charge in [0, 0.05) is 18.3 Å². The molecule has 88 valence electrons. The molecule has 0 spiro atoms. The minimum Gasteiger partial charge on any atom is -0.394 e. The maximum Gasteiger partial charge on any atom is 0.129 e. The van der Waals surface area contributed by atoms with E-state index in [0.717, 1.165) is 24.9 Å². The van der Waals surface area contributed by atoms with E-state index in [2.05, 4.69) is 10.3 Å². The summed E-state index contributed by atoms with van der Waals surface area (Å²) < 4.78 is 0. The van der Waals surface area contributed by atoms with Gasteiger partial charge in [-0.15, -0.1) is 0 Å². The normalized spacial score (nSPS) is 18.9. The lowest BCUT2D eigenvalue weighted by Gasteiger charge is -2.28. The molecule has 0 radical (unpaired) electrons. The second-order valence-electron chi connectivity index (χ2n) is 4.49. The number of aromatic nitrogens is 1. The van der Waals surface area contributed by atoms with E-state index in [1.54, 1.807) is 12.3 Å². The first-order valence-corrected chi connectivity index (χ1v) is 6.08. The number of halogens is 1. The fourth-order valence-electron chi connectivity index (χ4n) is 2.24. The number of rotatable bonds is 4. The molecule has 16 heavy (non-hydrogen) atoms. The van der Waals surface area contributed by atoms with Crippen molar-refractivity contribution in [2.75, 3.05) is 6.61 Å². The molecule has 1 aromatic heterocycles. The fourth-order valence-corrected chi connectivity index (χ4v) is 2.35. The van der Waals surface area contributed by atoms with Gasteiger partial charge in [-0.3, -0.25) is 0 Å². The second kappa shape index (κ2) is 5.13. The lowest BCUT2D eigenvalue weighted by molar-refractivity contribution is 0.163. The van der Waals surface area contributed by atoms with Crippen molar-refractivity contribution in [3.63, 3.8) is 0 Å². The molecule has 1 saturated carbocycles. The summed E-state index contributed by atoms with van der Waals surface area (Å²) in [6.07, 6.45) is 6.29. The number of hydrogen-bond acceptors (Lipinski definition) is 3. The number of nitrogens with zero attached hydrogens (tertiary/aromatic N) is 1. The third-order valence-electron chi connectivity index (χ3n) is 3.32. The Kier molecular flexibility index (Phi) is 3.79. The van der Waals surface area contributed by atoms with Crippen LogP contribution in [0.2, 0.25) is 5.15 Å². The summed E-state index contributed by atoms with van der Waals surface area (Å²) in [5.41, 5.74) is 1.03. The fraction of sp³-hybridized carbons (Fsp3) is 0.583. The Labute approximate surface area is 101 Å². The molecule has 1 aromatic rings. The van der Waals surface area contributed by atoms with Crippen molar-refractivity contribution in [3.8, 4) is 0 Å². The number of hydrogen-bond donors (Lipinski definition) is 2. The first-order valence-electron chi connectivity index (χ1n) is 5.70. The molecule has 4 heteroatoms. The highest BCUT2D eigenvalue weighted by Crippen LogP contribution is 2.29. The minimum atomic E-state index is -0.0698. The predicted molar refractivity (Wildman–Crippen MR) is 64.4 cm³/mol. The molecule has 2 N–H and O–H groups in total. The van der Waals surface area contributed by atoms with Gasteiger partial charge in [0.2, 0.25) is 0 Å². The standard InChI is InChI=1S/C12H17ClN2O/c13-11-4-3-10(7-14-11)8-15-12(9-16)5-1-2-6-12/h3-4,7,15-16H,1-2,5-6,8-9H2. The van der Waals surface area contributed by atoms with Crippen molar-refractivity contribution in [3.05, 3.63) is 29.0 Å². The van der Waals surface area contributed by atoms with E-state index in [1.807, 2.05) is 6.07 Å². The quantitative estimate of drug-likeness (QED) is 0.793. The molecule has 1 aliphatic carbocycles. The van der Waals surface area contributed by atoms with Crippen LogP contribution in [-0.4, -0.2) is 22.2 Å². The topological polar surface area (TPSA) is 45.1 Å². The molecule has 0 bridgehead atoms. The Morgan fingerprint density at radius 3 is 2.69 bits per heavy atom. The van der Waals surface area contributed by atoms with Crippen molar-refractivity contribution in [1.29, 1.82) is 0 Å². The van der Waals surface area contributed by atoms with Gasteiger partial charge in [-0.1, -0.05) is 30.5 Å². The average molecular weight is 241 g/mol. The zero-order valence-corrected chi connectivity index (χ0v) is 10.0. The van der Waals surface area contributed by atoms with E-state index < -0.39 is 0 Å². The average Bonchev–Trinajstić information content (AvgIpc) is 2.78. The SMILES string of the molecule is OCC1(NCc2ccc(Cl)nc2)CCCC1. The second-order valence-corrected chi connectivity index (χ2v) is 4.88. The van der Waals surface area contributed by atoms with Gasteiger partial charge in [0.15, 0.2) is 0 Å². The summed E-state index contributed by atoms with van der Waals surface area (Å²) in [4.78, 5) is 4.04. The Balaban J connectivity index is 1.93. The van der Waals surface area contributed by atoms with Crippen LogP contribution >= 0.6 is 11.6 Å². The first-order chi connectivity index (χ1) is 7.74. The lowest BCUT2D eigenvalue weighted by Crippen LogP contribution is -2.45. The molecule has 0 aliphatic heterocycles. The van der Waals surface area contributed by atoms with Gasteiger partial charge in [0.25, 0.3) is 0 Å². The monoisotopic (exact) mass is 240 g/mol. The van der Waals surface area contributed by atoms with Crippen molar-refractivity contribution in [2.24, 2.45) is 0 Å². The summed E-state index contributed by atoms with van der Waals surface area (Å²) in [7, 11) is 0. The number of pyridine rings is 1. The van der Waals surface area contributed by atoms with Crippen LogP contribution in [0.15, 0.2) is 18.3 Å². The summed E-state index contributed by atoms with van der Waals surface area (Å²) in [6, 6.07) is 3.75. The first kappa shape index (κ1) is 11.8. The molecule has 0 aromatic carbocycles. The molecule has 0 amide bonds. The van der Waals surface area contributed by atoms with Crippen molar-refractivity contribution < 1.29 is 5.11 Å². The van der Waals surface area contributed by atoms with Crippen LogP contribution in [0.1, 0.15) is 31.2 Å². The van der Waals surface area contributed by atoms with Crippen LogP contribution in [0.5, 0.6) is 0 Å². The summed E-state index contributed by atoms with van der Waals surface area (Å²) >= 11 is 5.72. The highest BCUT2D eigenvalue weighted by Gasteiger charge is 2.32. The maximum atomic E-state index is 9.44. The molecular weight excluding hydrogens is 224 g/mol. The maximum absolute atomic E-state index is 9.44. The molecule has 2 rings (SSSR count). The zero-order valence-electron chi connectivity index (χ0n) is 9.25. The van der Waals surface area contributed by atoms with Crippen molar-refractivity contribution >= 4 is 11.6 Å². The van der Waals surface area contributed by atoms with Crippen LogP contribution in [0.25, 0.3) is 0 Å². The molecule has 1 aliphatic rings. The van der Waals surface area contributed by atoms with Crippen LogP contribution in [0, 0.1) is 0 Å². The van der Waals surface area contributed by atoms with Crippen molar-refractivity contribution in [1.82, 2.24) is 10.3 Å². The van der Waals surface area contributed by atoms with E-state index in [0.29, 0.717) is 5.15 Å². The van der Waals surface area contributed by atoms with Crippen LogP contribution < -0.4 is 5.32 Å². The molecular formula is C12H17ClN2O. The van der Waals surface area contributed by atoms with Crippen LogP contribution in [0.4, 0.5) is 0 Å².